The molecule has 0 saturated carbocycles. The van der Waals surface area contributed by atoms with Gasteiger partial charge in [-0.05, 0) is 24.6 Å². The summed E-state index contributed by atoms with van der Waals surface area (Å²) in [5, 5.41) is 11.4. The molecule has 5 nitrogen and oxygen atoms in total. The van der Waals surface area contributed by atoms with Gasteiger partial charge in [0.2, 0.25) is 5.91 Å². The van der Waals surface area contributed by atoms with Gasteiger partial charge in [-0.25, -0.2) is 0 Å². The van der Waals surface area contributed by atoms with Gasteiger partial charge in [0, 0.05) is 24.1 Å². The maximum absolute atomic E-state index is 12.0. The van der Waals surface area contributed by atoms with Crippen molar-refractivity contribution >= 4 is 23.3 Å². The third kappa shape index (κ3) is 5.35. The van der Waals surface area contributed by atoms with Crippen LogP contribution in [0.4, 0.5) is 5.69 Å². The van der Waals surface area contributed by atoms with Gasteiger partial charge in [0.25, 0.3) is 0 Å². The molecule has 0 bridgehead atoms. The van der Waals surface area contributed by atoms with Crippen molar-refractivity contribution < 1.29 is 19.5 Å². The minimum Gasteiger partial charge on any atom is -0.481 e. The topological polar surface area (TPSA) is 83.5 Å². The number of anilines is 1. The lowest BCUT2D eigenvalue weighted by Gasteiger charge is -2.06. The predicted molar refractivity (Wildman–Crippen MR) is 91.2 cm³/mol. The highest BCUT2D eigenvalue weighted by Gasteiger charge is 2.09. The van der Waals surface area contributed by atoms with Crippen LogP contribution < -0.4 is 5.32 Å². The fourth-order valence-electron chi connectivity index (χ4n) is 2.21. The van der Waals surface area contributed by atoms with Gasteiger partial charge >= 0.3 is 5.97 Å². The molecule has 5 heteroatoms. The Labute approximate surface area is 140 Å². The summed E-state index contributed by atoms with van der Waals surface area (Å²) in [5.74, 6) is -1.22. The van der Waals surface area contributed by atoms with Gasteiger partial charge in [-0.3, -0.25) is 14.4 Å². The fourth-order valence-corrected chi connectivity index (χ4v) is 2.21. The van der Waals surface area contributed by atoms with E-state index in [4.69, 9.17) is 5.11 Å². The summed E-state index contributed by atoms with van der Waals surface area (Å²) in [4.78, 5) is 34.5. The lowest BCUT2D eigenvalue weighted by molar-refractivity contribution is -0.136. The van der Waals surface area contributed by atoms with E-state index in [-0.39, 0.29) is 31.0 Å². The molecule has 2 aromatic rings. The number of rotatable bonds is 7. The zero-order valence-corrected chi connectivity index (χ0v) is 13.4. The molecule has 2 rings (SSSR count). The van der Waals surface area contributed by atoms with Crippen molar-refractivity contribution in [1.82, 2.24) is 0 Å². The van der Waals surface area contributed by atoms with Crippen LogP contribution in [0.25, 0.3) is 0 Å². The SMILES string of the molecule is Cc1ccc(C(=O)CCC(=O)Nc2ccc(CC(=O)O)cc2)cc1. The number of nitrogens with one attached hydrogen (secondary N) is 1. The average Bonchev–Trinajstić information content (AvgIpc) is 2.54. The van der Waals surface area contributed by atoms with Gasteiger partial charge < -0.3 is 10.4 Å². The Hall–Kier alpha value is -2.95. The summed E-state index contributed by atoms with van der Waals surface area (Å²) < 4.78 is 0. The van der Waals surface area contributed by atoms with Crippen LogP contribution in [0.1, 0.15) is 34.3 Å². The van der Waals surface area contributed by atoms with E-state index in [9.17, 15) is 14.4 Å². The Balaban J connectivity index is 1.83. The Bertz CT molecular complexity index is 733. The molecule has 0 aliphatic heterocycles. The van der Waals surface area contributed by atoms with Crippen LogP contribution in [0.3, 0.4) is 0 Å². The summed E-state index contributed by atoms with van der Waals surface area (Å²) in [6, 6.07) is 13.9. The molecule has 2 N–H and O–H groups in total. The fraction of sp³-hybridized carbons (Fsp3) is 0.211. The molecule has 2 aromatic carbocycles. The Morgan fingerprint density at radius 3 is 2.12 bits per heavy atom. The maximum atomic E-state index is 12.0. The number of carbonyl (C=O) groups is 3. The monoisotopic (exact) mass is 325 g/mol. The van der Waals surface area contributed by atoms with Crippen molar-refractivity contribution in [2.24, 2.45) is 0 Å². The first-order chi connectivity index (χ1) is 11.4. The molecular formula is C19H19NO4. The van der Waals surface area contributed by atoms with Crippen LogP contribution in [-0.2, 0) is 16.0 Å². The predicted octanol–water partition coefficient (Wildman–Crippen LogP) is 3.22. The number of carboxylic acids is 1. The number of hydrogen-bond acceptors (Lipinski definition) is 3. The number of carboxylic acid groups (broad SMARTS) is 1. The first kappa shape index (κ1) is 17.4. The quantitative estimate of drug-likeness (QED) is 0.766. The van der Waals surface area contributed by atoms with E-state index in [0.29, 0.717) is 16.8 Å². The number of aryl methyl sites for hydroxylation is 1. The molecule has 1 amide bonds. The lowest BCUT2D eigenvalue weighted by atomic mass is 10.0. The molecule has 0 aliphatic rings. The zero-order valence-electron chi connectivity index (χ0n) is 13.4. The molecule has 0 heterocycles. The highest BCUT2D eigenvalue weighted by molar-refractivity contribution is 6.00. The van der Waals surface area contributed by atoms with E-state index >= 15 is 0 Å². The van der Waals surface area contributed by atoms with E-state index in [2.05, 4.69) is 5.32 Å². The number of Topliss-reactive ketones (excluding diaryl/α,β-unsaturated/α-hetero) is 1. The number of benzene rings is 2. The molecule has 0 aliphatic carbocycles. The van der Waals surface area contributed by atoms with Crippen molar-refractivity contribution in [3.63, 3.8) is 0 Å². The largest absolute Gasteiger partial charge is 0.481 e. The molecule has 24 heavy (non-hydrogen) atoms. The molecule has 0 spiro atoms. The highest BCUT2D eigenvalue weighted by Crippen LogP contribution is 2.12. The van der Waals surface area contributed by atoms with Crippen LogP contribution >= 0.6 is 0 Å². The number of ketones is 1. The second-order valence-electron chi connectivity index (χ2n) is 5.60. The minimum atomic E-state index is -0.901. The standard InChI is InChI=1S/C19H19NO4/c1-13-2-6-15(7-3-13)17(21)10-11-18(22)20-16-8-4-14(5-9-16)12-19(23)24/h2-9H,10-12H2,1H3,(H,20,22)(H,23,24). The Morgan fingerprint density at radius 1 is 0.917 bits per heavy atom. The van der Waals surface area contributed by atoms with Crippen LogP contribution in [0, 0.1) is 6.92 Å². The van der Waals surface area contributed by atoms with Gasteiger partial charge in [-0.2, -0.15) is 0 Å². The van der Waals surface area contributed by atoms with Crippen molar-refractivity contribution in [2.75, 3.05) is 5.32 Å². The molecule has 0 fully saturated rings. The first-order valence-electron chi connectivity index (χ1n) is 7.64. The molecule has 0 unspecified atom stereocenters. The Kier molecular flexibility index (Phi) is 5.84. The van der Waals surface area contributed by atoms with Crippen LogP contribution in [0.15, 0.2) is 48.5 Å². The number of amides is 1. The van der Waals surface area contributed by atoms with Crippen molar-refractivity contribution in [3.8, 4) is 0 Å². The highest BCUT2D eigenvalue weighted by atomic mass is 16.4. The van der Waals surface area contributed by atoms with E-state index in [0.717, 1.165) is 5.56 Å². The van der Waals surface area contributed by atoms with Crippen LogP contribution in [0.5, 0.6) is 0 Å². The second kappa shape index (κ2) is 8.06. The smallest absolute Gasteiger partial charge is 0.307 e. The van der Waals surface area contributed by atoms with Gasteiger partial charge in [0.1, 0.15) is 0 Å². The first-order valence-corrected chi connectivity index (χ1v) is 7.64. The zero-order chi connectivity index (χ0) is 17.5. The maximum Gasteiger partial charge on any atom is 0.307 e. The van der Waals surface area contributed by atoms with Gasteiger partial charge in [0.15, 0.2) is 5.78 Å². The number of aliphatic carboxylic acids is 1. The second-order valence-corrected chi connectivity index (χ2v) is 5.60. The van der Waals surface area contributed by atoms with Crippen molar-refractivity contribution in [1.29, 1.82) is 0 Å². The van der Waals surface area contributed by atoms with Gasteiger partial charge in [-0.15, -0.1) is 0 Å². The number of carbonyl (C=O) groups excluding carboxylic acids is 2. The van der Waals surface area contributed by atoms with Crippen LogP contribution in [0.2, 0.25) is 0 Å². The van der Waals surface area contributed by atoms with E-state index in [1.54, 1.807) is 36.4 Å². The van der Waals surface area contributed by atoms with E-state index in [1.807, 2.05) is 19.1 Å². The molecule has 124 valence electrons. The summed E-state index contributed by atoms with van der Waals surface area (Å²) in [7, 11) is 0. The molecular weight excluding hydrogens is 306 g/mol. The van der Waals surface area contributed by atoms with Gasteiger partial charge in [-0.1, -0.05) is 42.0 Å². The average molecular weight is 325 g/mol. The summed E-state index contributed by atoms with van der Waals surface area (Å²) in [6.45, 7) is 1.95. The van der Waals surface area contributed by atoms with Crippen molar-refractivity contribution in [2.45, 2.75) is 26.2 Å². The molecule has 0 saturated heterocycles. The normalized spacial score (nSPS) is 10.2. The van der Waals surface area contributed by atoms with Crippen LogP contribution in [-0.4, -0.2) is 22.8 Å². The lowest BCUT2D eigenvalue weighted by Crippen LogP contribution is -2.13. The van der Waals surface area contributed by atoms with Gasteiger partial charge in [0.05, 0.1) is 6.42 Å². The summed E-state index contributed by atoms with van der Waals surface area (Å²) in [6.07, 6.45) is 0.189. The minimum absolute atomic E-state index is 0.0563. The summed E-state index contributed by atoms with van der Waals surface area (Å²) >= 11 is 0. The third-order valence-corrected chi connectivity index (χ3v) is 3.55. The summed E-state index contributed by atoms with van der Waals surface area (Å²) in [5.41, 5.74) is 2.93. The Morgan fingerprint density at radius 2 is 1.54 bits per heavy atom. The van der Waals surface area contributed by atoms with E-state index < -0.39 is 5.97 Å². The number of hydrogen-bond donors (Lipinski definition) is 2. The molecule has 0 atom stereocenters. The third-order valence-electron chi connectivity index (χ3n) is 3.55. The molecule has 0 radical (unpaired) electrons. The van der Waals surface area contributed by atoms with E-state index in [1.165, 1.54) is 0 Å². The molecule has 0 aromatic heterocycles. The van der Waals surface area contributed by atoms with Crippen molar-refractivity contribution in [3.05, 3.63) is 65.2 Å².